The summed E-state index contributed by atoms with van der Waals surface area (Å²) in [6, 6.07) is 58.5. The molecule has 4 nitrogen and oxygen atoms in total. The molecule has 0 radical (unpaired) electrons. The topological polar surface area (TPSA) is 27.7 Å². The quantitative estimate of drug-likeness (QED) is 0.162. The van der Waals surface area contributed by atoms with Crippen LogP contribution in [0.1, 0.15) is 48.6 Å². The molecule has 3 aromatic heterocycles. The van der Waals surface area contributed by atoms with Gasteiger partial charge in [0.05, 0.1) is 5.54 Å². The molecule has 0 spiro atoms. The van der Waals surface area contributed by atoms with Crippen molar-refractivity contribution in [3.05, 3.63) is 192 Å². The molecule has 10 rings (SSSR count). The van der Waals surface area contributed by atoms with E-state index in [0.717, 1.165) is 44.6 Å². The summed E-state index contributed by atoms with van der Waals surface area (Å²) in [6.07, 6.45) is 4.13. The summed E-state index contributed by atoms with van der Waals surface area (Å²) < 4.78 is 6.93. The van der Waals surface area contributed by atoms with Gasteiger partial charge in [0, 0.05) is 56.0 Å². The molecule has 260 valence electrons. The van der Waals surface area contributed by atoms with E-state index in [1.165, 1.54) is 38.7 Å². The number of pyridine rings is 1. The van der Waals surface area contributed by atoms with E-state index in [4.69, 9.17) is 4.98 Å². The van der Waals surface area contributed by atoms with Gasteiger partial charge in [-0.1, -0.05) is 78.3 Å². The molecule has 0 atom stereocenters. The zero-order valence-corrected chi connectivity index (χ0v) is 32.3. The fraction of sp³-hybridized carbons (Fsp3) is 0.125. The van der Waals surface area contributed by atoms with Gasteiger partial charge in [-0.2, -0.15) is 30.3 Å². The first-order valence-corrected chi connectivity index (χ1v) is 18.0. The fourth-order valence-corrected chi connectivity index (χ4v) is 8.61. The van der Waals surface area contributed by atoms with Crippen molar-refractivity contribution in [3.8, 4) is 22.6 Å². The zero-order chi connectivity index (χ0) is 35.2. The van der Waals surface area contributed by atoms with E-state index in [0.29, 0.717) is 0 Å². The van der Waals surface area contributed by atoms with Crippen molar-refractivity contribution in [2.75, 3.05) is 0 Å². The van der Waals surface area contributed by atoms with Crippen LogP contribution in [0, 0.1) is 19.1 Å². The van der Waals surface area contributed by atoms with Crippen LogP contribution in [-0.2, 0) is 32.0 Å². The molecule has 0 N–H and O–H groups in total. The van der Waals surface area contributed by atoms with Crippen LogP contribution < -0.4 is 0 Å². The maximum Gasteiger partial charge on any atom is 0.188 e. The van der Waals surface area contributed by atoms with Crippen molar-refractivity contribution in [1.82, 2.24) is 18.7 Å². The fourth-order valence-electron chi connectivity index (χ4n) is 8.61. The molecule has 1 aliphatic rings. The van der Waals surface area contributed by atoms with Crippen LogP contribution in [0.15, 0.2) is 152 Å². The molecule has 5 heteroatoms. The number of imidazole rings is 1. The number of para-hydroxylation sites is 3. The second-order valence-corrected chi connectivity index (χ2v) is 15.0. The van der Waals surface area contributed by atoms with Gasteiger partial charge in [-0.15, -0.1) is 22.6 Å². The standard InChI is InChI=1S/C48H37N4.Pt/c1-32-26-27-49-46(28-32)52-42-21-10-7-18-38(42)39-25-24-34(30-45(39)52)48(40-19-8-5-16-36(40)37-17-6-9-20-41(37)48)33-14-13-15-35(29-33)50-31-51(47(2,3)4)44-23-12-11-22-43(44)50;/h5-28,31H,1-4H3;/q-1;. The van der Waals surface area contributed by atoms with Gasteiger partial charge in [0.25, 0.3) is 0 Å². The molecule has 0 saturated carbocycles. The molecule has 9 aromatic rings. The van der Waals surface area contributed by atoms with Gasteiger partial charge in [-0.3, -0.25) is 0 Å². The molecule has 0 amide bonds. The number of hydrogen-bond donors (Lipinski definition) is 0. The van der Waals surface area contributed by atoms with E-state index >= 15 is 0 Å². The Labute approximate surface area is 324 Å². The van der Waals surface area contributed by atoms with Crippen molar-refractivity contribution >= 4 is 32.8 Å². The van der Waals surface area contributed by atoms with E-state index < -0.39 is 5.41 Å². The first-order chi connectivity index (χ1) is 25.3. The molecular formula is C48H37N4Pt-. The Hall–Kier alpha value is -5.57. The number of aromatic nitrogens is 4. The van der Waals surface area contributed by atoms with Crippen LogP contribution in [0.5, 0.6) is 0 Å². The normalized spacial score (nSPS) is 13.3. The van der Waals surface area contributed by atoms with Crippen LogP contribution in [0.4, 0.5) is 0 Å². The maximum atomic E-state index is 4.88. The van der Waals surface area contributed by atoms with E-state index in [2.05, 4.69) is 193 Å². The number of benzene rings is 6. The first-order valence-electron chi connectivity index (χ1n) is 18.0. The van der Waals surface area contributed by atoms with Crippen molar-refractivity contribution in [3.63, 3.8) is 0 Å². The largest absolute Gasteiger partial charge is 0.319 e. The molecule has 0 saturated heterocycles. The summed E-state index contributed by atoms with van der Waals surface area (Å²) in [4.78, 5) is 4.88. The Balaban J connectivity index is 0.00000372. The number of aryl methyl sites for hydroxylation is 1. The number of nitrogens with zero attached hydrogens (tertiary/aromatic N) is 4. The SMILES string of the molecule is Cc1ccnc(-n2c3[c-]c(C4(c5[c-]c(-n6[cH+]n(C(C)(C)C)c7ccccc76)ccc5)c5ccccc5-c5ccccc54)ccc3c3ccccc32)c1.[Pt]. The third-order valence-electron chi connectivity index (χ3n) is 10.9. The van der Waals surface area contributed by atoms with Gasteiger partial charge in [0.2, 0.25) is 0 Å². The Bertz CT molecular complexity index is 2820. The predicted molar refractivity (Wildman–Crippen MR) is 213 cm³/mol. The Kier molecular flexibility index (Phi) is 7.69. The average Bonchev–Trinajstić information content (AvgIpc) is 3.82. The molecule has 3 heterocycles. The molecule has 0 aliphatic heterocycles. The van der Waals surface area contributed by atoms with Crippen molar-refractivity contribution in [2.45, 2.75) is 38.6 Å². The Morgan fingerprint density at radius 3 is 1.98 bits per heavy atom. The Morgan fingerprint density at radius 2 is 1.26 bits per heavy atom. The van der Waals surface area contributed by atoms with E-state index in [-0.39, 0.29) is 26.6 Å². The van der Waals surface area contributed by atoms with Crippen LogP contribution in [0.25, 0.3) is 55.5 Å². The smallest absolute Gasteiger partial charge is 0.188 e. The van der Waals surface area contributed by atoms with Crippen LogP contribution in [-0.4, -0.2) is 18.7 Å². The van der Waals surface area contributed by atoms with Gasteiger partial charge in [-0.05, 0) is 91.2 Å². The van der Waals surface area contributed by atoms with Gasteiger partial charge in [-0.25, -0.2) is 14.1 Å². The molecule has 0 bridgehead atoms. The Morgan fingerprint density at radius 1 is 0.623 bits per heavy atom. The summed E-state index contributed by atoms with van der Waals surface area (Å²) in [6.45, 7) is 8.88. The van der Waals surface area contributed by atoms with Gasteiger partial charge < -0.3 is 4.57 Å². The van der Waals surface area contributed by atoms with Crippen molar-refractivity contribution in [1.29, 1.82) is 0 Å². The summed E-state index contributed by atoms with van der Waals surface area (Å²) in [5.41, 5.74) is 13.0. The van der Waals surface area contributed by atoms with E-state index in [1.807, 2.05) is 12.3 Å². The van der Waals surface area contributed by atoms with E-state index in [1.54, 1.807) is 0 Å². The maximum absolute atomic E-state index is 4.88. The minimum Gasteiger partial charge on any atom is -0.319 e. The molecule has 53 heavy (non-hydrogen) atoms. The molecule has 0 unspecified atom stereocenters. The molecular weight excluding hydrogens is 828 g/mol. The van der Waals surface area contributed by atoms with Gasteiger partial charge in [0.1, 0.15) is 5.82 Å². The third-order valence-corrected chi connectivity index (χ3v) is 10.9. The second kappa shape index (κ2) is 12.3. The molecule has 6 aromatic carbocycles. The average molecular weight is 865 g/mol. The second-order valence-electron chi connectivity index (χ2n) is 15.0. The first kappa shape index (κ1) is 33.3. The summed E-state index contributed by atoms with van der Waals surface area (Å²) >= 11 is 0. The van der Waals surface area contributed by atoms with Gasteiger partial charge in [0.15, 0.2) is 17.4 Å². The summed E-state index contributed by atoms with van der Waals surface area (Å²) in [7, 11) is 0. The molecule has 0 fully saturated rings. The van der Waals surface area contributed by atoms with E-state index in [9.17, 15) is 0 Å². The predicted octanol–water partition coefficient (Wildman–Crippen LogP) is 11.2. The third kappa shape index (κ3) is 4.85. The van der Waals surface area contributed by atoms with Crippen LogP contribution in [0.2, 0.25) is 0 Å². The van der Waals surface area contributed by atoms with Crippen LogP contribution in [0.3, 0.4) is 0 Å². The van der Waals surface area contributed by atoms with Crippen LogP contribution >= 0.6 is 0 Å². The minimum atomic E-state index is -0.679. The number of fused-ring (bicyclic) bond motifs is 7. The van der Waals surface area contributed by atoms with Crippen molar-refractivity contribution < 1.29 is 21.1 Å². The van der Waals surface area contributed by atoms with Gasteiger partial charge >= 0.3 is 0 Å². The zero-order valence-electron chi connectivity index (χ0n) is 30.0. The summed E-state index contributed by atoms with van der Waals surface area (Å²) in [5.74, 6) is 0.890. The summed E-state index contributed by atoms with van der Waals surface area (Å²) in [5, 5.41) is 2.34. The number of hydrogen-bond acceptors (Lipinski definition) is 1. The monoisotopic (exact) mass is 864 g/mol. The minimum absolute atomic E-state index is 0. The van der Waals surface area contributed by atoms with Crippen molar-refractivity contribution in [2.24, 2.45) is 0 Å². The number of rotatable bonds is 4. The molecule has 1 aliphatic carbocycles.